The van der Waals surface area contributed by atoms with Crippen LogP contribution in [0.4, 0.5) is 13.2 Å². The second-order valence-corrected chi connectivity index (χ2v) is 2.42. The van der Waals surface area contributed by atoms with Gasteiger partial charge in [-0.25, -0.2) is 13.2 Å². The molecule has 1 rings (SSSR count). The molecule has 0 amide bonds. The second-order valence-electron chi connectivity index (χ2n) is 2.42. The maximum absolute atomic E-state index is 12.2. The molecule has 1 aliphatic rings. The van der Waals surface area contributed by atoms with Crippen LogP contribution in [0.25, 0.3) is 0 Å². The summed E-state index contributed by atoms with van der Waals surface area (Å²) >= 11 is 0. The molecule has 0 aromatic heterocycles. The first-order chi connectivity index (χ1) is 4.61. The summed E-state index contributed by atoms with van der Waals surface area (Å²) in [5.74, 6) is -0.533. The highest BCUT2D eigenvalue weighted by Crippen LogP contribution is 2.24. The maximum Gasteiger partial charge on any atom is 0.163 e. The highest BCUT2D eigenvalue weighted by molar-refractivity contribution is 5.80. The van der Waals surface area contributed by atoms with Crippen molar-refractivity contribution in [1.82, 2.24) is 0 Å². The highest BCUT2D eigenvalue weighted by atomic mass is 19.2. The molecule has 0 radical (unpaired) electrons. The van der Waals surface area contributed by atoms with Crippen LogP contribution < -0.4 is 0 Å². The number of hydrogen-bond acceptors (Lipinski definition) is 1. The lowest BCUT2D eigenvalue weighted by atomic mass is 9.94. The normalized spacial score (nSPS) is 41.9. The third-order valence-electron chi connectivity index (χ3n) is 1.54. The molecule has 0 aliphatic heterocycles. The van der Waals surface area contributed by atoms with E-state index in [0.29, 0.717) is 0 Å². The number of rotatable bonds is 0. The molecule has 0 heterocycles. The summed E-state index contributed by atoms with van der Waals surface area (Å²) in [4.78, 5) is 10.4. The van der Waals surface area contributed by atoms with Crippen LogP contribution in [0, 0.1) is 0 Å². The summed E-state index contributed by atoms with van der Waals surface area (Å²) < 4.78 is 36.7. The zero-order chi connectivity index (χ0) is 7.72. The van der Waals surface area contributed by atoms with E-state index >= 15 is 0 Å². The van der Waals surface area contributed by atoms with Crippen molar-refractivity contribution in [2.75, 3.05) is 0 Å². The van der Waals surface area contributed by atoms with Crippen molar-refractivity contribution in [3.8, 4) is 0 Å². The van der Waals surface area contributed by atoms with Gasteiger partial charge in [0.05, 0.1) is 0 Å². The van der Waals surface area contributed by atoms with E-state index in [1.165, 1.54) is 0 Å². The van der Waals surface area contributed by atoms with Crippen molar-refractivity contribution in [2.24, 2.45) is 0 Å². The molecule has 58 valence electrons. The van der Waals surface area contributed by atoms with Gasteiger partial charge < -0.3 is 0 Å². The van der Waals surface area contributed by atoms with E-state index in [1.54, 1.807) is 0 Å². The van der Waals surface area contributed by atoms with Crippen molar-refractivity contribution >= 4 is 5.78 Å². The largest absolute Gasteiger partial charge is 0.299 e. The molecule has 0 spiro atoms. The van der Waals surface area contributed by atoms with Gasteiger partial charge in [0.2, 0.25) is 0 Å². The predicted molar refractivity (Wildman–Crippen MR) is 28.9 cm³/mol. The van der Waals surface area contributed by atoms with E-state index in [9.17, 15) is 18.0 Å². The Balaban J connectivity index is 2.57. The minimum atomic E-state index is -2.10. The van der Waals surface area contributed by atoms with Gasteiger partial charge in [-0.05, 0) is 0 Å². The molecule has 2 atom stereocenters. The molecule has 0 bridgehead atoms. The molecule has 0 saturated heterocycles. The van der Waals surface area contributed by atoms with Crippen molar-refractivity contribution in [3.63, 3.8) is 0 Å². The Bertz CT molecular complexity index is 134. The van der Waals surface area contributed by atoms with Crippen LogP contribution in [0.15, 0.2) is 0 Å². The van der Waals surface area contributed by atoms with Crippen LogP contribution in [0.1, 0.15) is 12.8 Å². The molecule has 1 aliphatic carbocycles. The first-order valence-electron chi connectivity index (χ1n) is 3.05. The fourth-order valence-electron chi connectivity index (χ4n) is 0.970. The zero-order valence-corrected chi connectivity index (χ0v) is 5.19. The third kappa shape index (κ3) is 1.30. The molecule has 0 aromatic rings. The lowest BCUT2D eigenvalue weighted by Gasteiger charge is -2.21. The van der Waals surface area contributed by atoms with Gasteiger partial charge in [0, 0.05) is 12.8 Å². The molecule has 0 N–H and O–H groups in total. The van der Waals surface area contributed by atoms with Crippen LogP contribution in [-0.4, -0.2) is 24.3 Å². The number of carbonyl (C=O) groups excluding carboxylic acids is 1. The monoisotopic (exact) mass is 152 g/mol. The minimum Gasteiger partial charge on any atom is -0.299 e. The van der Waals surface area contributed by atoms with Gasteiger partial charge in [0.1, 0.15) is 18.1 Å². The number of Topliss-reactive ketones (excluding diaryl/α,β-unsaturated/α-hetero) is 1. The van der Waals surface area contributed by atoms with E-state index in [-0.39, 0.29) is 0 Å². The summed E-state index contributed by atoms with van der Waals surface area (Å²) in [5.41, 5.74) is 0. The average Bonchev–Trinajstić information content (AvgIpc) is 1.82. The minimum absolute atomic E-state index is 0.471. The fraction of sp³-hybridized carbons (Fsp3) is 0.833. The van der Waals surface area contributed by atoms with E-state index in [0.717, 1.165) is 0 Å². The van der Waals surface area contributed by atoms with Crippen LogP contribution in [0.2, 0.25) is 0 Å². The first kappa shape index (κ1) is 7.57. The molecule has 1 fully saturated rings. The zero-order valence-electron chi connectivity index (χ0n) is 5.19. The highest BCUT2D eigenvalue weighted by Gasteiger charge is 2.37. The lowest BCUT2D eigenvalue weighted by molar-refractivity contribution is -0.126. The maximum atomic E-state index is 12.2. The molecule has 4 heteroatoms. The van der Waals surface area contributed by atoms with Crippen molar-refractivity contribution in [3.05, 3.63) is 0 Å². The van der Waals surface area contributed by atoms with Gasteiger partial charge in [-0.15, -0.1) is 0 Å². The Morgan fingerprint density at radius 1 is 1.10 bits per heavy atom. The lowest BCUT2D eigenvalue weighted by Crippen LogP contribution is -2.37. The Morgan fingerprint density at radius 2 is 1.50 bits per heavy atom. The summed E-state index contributed by atoms with van der Waals surface area (Å²) in [7, 11) is 0. The smallest absolute Gasteiger partial charge is 0.163 e. The summed E-state index contributed by atoms with van der Waals surface area (Å²) in [5, 5.41) is 0. The fourth-order valence-corrected chi connectivity index (χ4v) is 0.970. The van der Waals surface area contributed by atoms with Crippen molar-refractivity contribution in [2.45, 2.75) is 31.4 Å². The van der Waals surface area contributed by atoms with Crippen LogP contribution in [0.3, 0.4) is 0 Å². The molecule has 0 aromatic carbocycles. The number of halogens is 3. The van der Waals surface area contributed by atoms with E-state index in [1.807, 2.05) is 0 Å². The van der Waals surface area contributed by atoms with Crippen molar-refractivity contribution < 1.29 is 18.0 Å². The molecular weight excluding hydrogens is 145 g/mol. The standard InChI is InChI=1S/C6H7F3O/c7-4-1-3(10)2-5(8)6(4)9/h4-6H,1-2H2. The molecule has 2 unspecified atom stereocenters. The van der Waals surface area contributed by atoms with Gasteiger partial charge in [0.25, 0.3) is 0 Å². The van der Waals surface area contributed by atoms with E-state index in [4.69, 9.17) is 0 Å². The first-order valence-corrected chi connectivity index (χ1v) is 3.05. The molecule has 1 saturated carbocycles. The SMILES string of the molecule is O=C1CC(F)C(F)C(F)C1. The number of carbonyl (C=O) groups is 1. The van der Waals surface area contributed by atoms with E-state index in [2.05, 4.69) is 0 Å². The molecule has 10 heavy (non-hydrogen) atoms. The Morgan fingerprint density at radius 3 is 1.90 bits per heavy atom. The topological polar surface area (TPSA) is 17.1 Å². The van der Waals surface area contributed by atoms with Crippen LogP contribution in [0.5, 0.6) is 0 Å². The Labute approximate surface area is 56.2 Å². The van der Waals surface area contributed by atoms with Crippen molar-refractivity contribution in [1.29, 1.82) is 0 Å². The van der Waals surface area contributed by atoms with Gasteiger partial charge in [0.15, 0.2) is 6.17 Å². The predicted octanol–water partition coefficient (Wildman–Crippen LogP) is 1.36. The summed E-state index contributed by atoms with van der Waals surface area (Å²) in [6, 6.07) is 0. The molecular formula is C6H7F3O. The van der Waals surface area contributed by atoms with Gasteiger partial charge in [-0.3, -0.25) is 4.79 Å². The van der Waals surface area contributed by atoms with E-state index < -0.39 is 37.1 Å². The summed E-state index contributed by atoms with van der Waals surface area (Å²) in [6.07, 6.45) is -6.91. The Kier molecular flexibility index (Phi) is 1.97. The quantitative estimate of drug-likeness (QED) is 0.512. The number of ketones is 1. The van der Waals surface area contributed by atoms with Gasteiger partial charge in [-0.1, -0.05) is 0 Å². The van der Waals surface area contributed by atoms with Gasteiger partial charge in [-0.2, -0.15) is 0 Å². The number of alkyl halides is 3. The van der Waals surface area contributed by atoms with Crippen LogP contribution >= 0.6 is 0 Å². The van der Waals surface area contributed by atoms with Gasteiger partial charge >= 0.3 is 0 Å². The number of hydrogen-bond donors (Lipinski definition) is 0. The van der Waals surface area contributed by atoms with Crippen LogP contribution in [-0.2, 0) is 4.79 Å². The molecule has 1 nitrogen and oxygen atoms in total. The summed E-state index contributed by atoms with van der Waals surface area (Å²) in [6.45, 7) is 0. The third-order valence-corrected chi connectivity index (χ3v) is 1.54. The average molecular weight is 152 g/mol. The Hall–Kier alpha value is -0.540. The second kappa shape index (κ2) is 2.60.